The Morgan fingerprint density at radius 3 is 2.45 bits per heavy atom. The van der Waals surface area contributed by atoms with E-state index in [1.165, 1.54) is 0 Å². The topological polar surface area (TPSA) is 72.6 Å². The Kier molecular flexibility index (Phi) is 6.26. The van der Waals surface area contributed by atoms with Crippen molar-refractivity contribution in [3.63, 3.8) is 0 Å². The molecule has 29 heavy (non-hydrogen) atoms. The number of nitrogens with zero attached hydrogens (tertiary/aromatic N) is 1. The zero-order valence-corrected chi connectivity index (χ0v) is 17.5. The van der Waals surface area contributed by atoms with Crippen LogP contribution < -0.4 is 10.5 Å². The van der Waals surface area contributed by atoms with Crippen LogP contribution in [0, 0.1) is 11.3 Å². The maximum atomic E-state index is 12.4. The van der Waals surface area contributed by atoms with Crippen LogP contribution >= 0.6 is 0 Å². The Morgan fingerprint density at radius 1 is 1.14 bits per heavy atom. The first-order valence-electron chi connectivity index (χ1n) is 10.1. The number of methoxy groups -OCH3 is 1. The summed E-state index contributed by atoms with van der Waals surface area (Å²) < 4.78 is 5.45. The van der Waals surface area contributed by atoms with Gasteiger partial charge in [-0.25, -0.2) is 0 Å². The van der Waals surface area contributed by atoms with Crippen molar-refractivity contribution in [2.45, 2.75) is 33.1 Å². The minimum absolute atomic E-state index is 0.106. The van der Waals surface area contributed by atoms with Gasteiger partial charge < -0.3 is 15.4 Å². The van der Waals surface area contributed by atoms with E-state index in [9.17, 15) is 9.59 Å². The van der Waals surface area contributed by atoms with Gasteiger partial charge in [0.2, 0.25) is 11.8 Å². The van der Waals surface area contributed by atoms with Crippen LogP contribution in [-0.4, -0.2) is 36.9 Å². The summed E-state index contributed by atoms with van der Waals surface area (Å²) in [5, 5.41) is 0. The molecule has 0 radical (unpaired) electrons. The van der Waals surface area contributed by atoms with Crippen LogP contribution in [0.3, 0.4) is 0 Å². The highest BCUT2D eigenvalue weighted by molar-refractivity contribution is 5.84. The Bertz CT molecular complexity index is 876. The van der Waals surface area contributed by atoms with Gasteiger partial charge in [-0.1, -0.05) is 56.3 Å². The molecule has 1 aliphatic rings. The molecule has 2 amide bonds. The second-order valence-electron chi connectivity index (χ2n) is 8.38. The number of hydrogen-bond acceptors (Lipinski definition) is 3. The van der Waals surface area contributed by atoms with Gasteiger partial charge in [0.15, 0.2) is 0 Å². The molecule has 5 nitrogen and oxygen atoms in total. The minimum atomic E-state index is -0.696. The summed E-state index contributed by atoms with van der Waals surface area (Å²) in [5.74, 6) is 0.901. The molecule has 1 saturated heterocycles. The van der Waals surface area contributed by atoms with E-state index in [4.69, 9.17) is 10.5 Å². The fourth-order valence-corrected chi connectivity index (χ4v) is 4.07. The maximum absolute atomic E-state index is 12.4. The second kappa shape index (κ2) is 8.68. The summed E-state index contributed by atoms with van der Waals surface area (Å²) in [6.07, 6.45) is 1.66. The molecule has 0 aromatic heterocycles. The standard InChI is InChI=1S/C24H30N2O3/c1-17(2)14-22(27)26-13-12-24(16-26,23(25)28)15-18-8-10-19(11-9-18)20-6-4-5-7-21(20)29-3/h4-11,17H,12-16H2,1-3H3,(H2,25,28)/t24-/m1/s1. The molecule has 3 rings (SSSR count). The summed E-state index contributed by atoms with van der Waals surface area (Å²) in [6.45, 7) is 5.05. The molecule has 0 saturated carbocycles. The number of likely N-dealkylation sites (tertiary alicyclic amines) is 1. The Labute approximate surface area is 172 Å². The SMILES string of the molecule is COc1ccccc1-c1ccc(C[C@]2(C(N)=O)CCN(C(=O)CC(C)C)C2)cc1. The van der Waals surface area contributed by atoms with Gasteiger partial charge in [-0.3, -0.25) is 9.59 Å². The summed E-state index contributed by atoms with van der Waals surface area (Å²) in [5.41, 5.74) is 8.24. The van der Waals surface area contributed by atoms with E-state index in [0.29, 0.717) is 38.3 Å². The van der Waals surface area contributed by atoms with E-state index in [1.54, 1.807) is 12.0 Å². The number of rotatable bonds is 7. The average Bonchev–Trinajstić information content (AvgIpc) is 3.14. The van der Waals surface area contributed by atoms with Gasteiger partial charge in [-0.15, -0.1) is 0 Å². The van der Waals surface area contributed by atoms with Crippen LogP contribution in [0.25, 0.3) is 11.1 Å². The van der Waals surface area contributed by atoms with Crippen LogP contribution in [0.1, 0.15) is 32.3 Å². The Morgan fingerprint density at radius 2 is 1.83 bits per heavy atom. The molecule has 2 aromatic carbocycles. The van der Waals surface area contributed by atoms with E-state index >= 15 is 0 Å². The quantitative estimate of drug-likeness (QED) is 0.779. The van der Waals surface area contributed by atoms with E-state index < -0.39 is 5.41 Å². The smallest absolute Gasteiger partial charge is 0.225 e. The van der Waals surface area contributed by atoms with Crippen molar-refractivity contribution >= 4 is 11.8 Å². The van der Waals surface area contributed by atoms with Crippen molar-refractivity contribution < 1.29 is 14.3 Å². The third-order valence-corrected chi connectivity index (χ3v) is 5.73. The fourth-order valence-electron chi connectivity index (χ4n) is 4.07. The number of hydrogen-bond donors (Lipinski definition) is 1. The largest absolute Gasteiger partial charge is 0.496 e. The van der Waals surface area contributed by atoms with Crippen molar-refractivity contribution in [1.29, 1.82) is 0 Å². The lowest BCUT2D eigenvalue weighted by molar-refractivity contribution is -0.132. The zero-order chi connectivity index (χ0) is 21.0. The number of para-hydroxylation sites is 1. The highest BCUT2D eigenvalue weighted by Gasteiger charge is 2.44. The summed E-state index contributed by atoms with van der Waals surface area (Å²) in [6, 6.07) is 16.0. The van der Waals surface area contributed by atoms with Crippen LogP contribution in [0.2, 0.25) is 0 Å². The number of carbonyl (C=O) groups is 2. The number of primary amides is 1. The number of ether oxygens (including phenoxy) is 1. The molecule has 0 bridgehead atoms. The molecule has 2 aromatic rings. The van der Waals surface area contributed by atoms with E-state index in [1.807, 2.05) is 62.4 Å². The van der Waals surface area contributed by atoms with Gasteiger partial charge in [0.25, 0.3) is 0 Å². The molecule has 2 N–H and O–H groups in total. The first kappa shape index (κ1) is 20.9. The van der Waals surface area contributed by atoms with Crippen LogP contribution in [-0.2, 0) is 16.0 Å². The van der Waals surface area contributed by atoms with Crippen molar-refractivity contribution in [2.75, 3.05) is 20.2 Å². The van der Waals surface area contributed by atoms with Gasteiger partial charge in [0.05, 0.1) is 12.5 Å². The monoisotopic (exact) mass is 394 g/mol. The first-order valence-corrected chi connectivity index (χ1v) is 10.1. The molecule has 1 heterocycles. The molecule has 5 heteroatoms. The van der Waals surface area contributed by atoms with Crippen molar-refractivity contribution in [3.05, 3.63) is 54.1 Å². The third kappa shape index (κ3) is 4.61. The van der Waals surface area contributed by atoms with Crippen LogP contribution in [0.5, 0.6) is 5.75 Å². The van der Waals surface area contributed by atoms with Gasteiger partial charge in [0.1, 0.15) is 5.75 Å². The number of nitrogens with two attached hydrogens (primary N) is 1. The number of benzene rings is 2. The van der Waals surface area contributed by atoms with Crippen LogP contribution in [0.4, 0.5) is 0 Å². The lowest BCUT2D eigenvalue weighted by Gasteiger charge is -2.26. The highest BCUT2D eigenvalue weighted by Crippen LogP contribution is 2.36. The number of amides is 2. The highest BCUT2D eigenvalue weighted by atomic mass is 16.5. The van der Waals surface area contributed by atoms with Crippen molar-refractivity contribution in [1.82, 2.24) is 4.90 Å². The first-order chi connectivity index (χ1) is 13.8. The lowest BCUT2D eigenvalue weighted by Crippen LogP contribution is -2.42. The van der Waals surface area contributed by atoms with E-state index in [0.717, 1.165) is 22.4 Å². The molecule has 0 unspecified atom stereocenters. The van der Waals surface area contributed by atoms with Gasteiger partial charge in [-0.2, -0.15) is 0 Å². The molecule has 0 spiro atoms. The molecular formula is C24H30N2O3. The van der Waals surface area contributed by atoms with Gasteiger partial charge >= 0.3 is 0 Å². The van der Waals surface area contributed by atoms with Crippen molar-refractivity contribution in [3.8, 4) is 16.9 Å². The molecule has 1 atom stereocenters. The predicted molar refractivity (Wildman–Crippen MR) is 114 cm³/mol. The normalized spacial score (nSPS) is 18.8. The number of carbonyl (C=O) groups excluding carboxylic acids is 2. The molecule has 0 aliphatic carbocycles. The third-order valence-electron chi connectivity index (χ3n) is 5.73. The summed E-state index contributed by atoms with van der Waals surface area (Å²) in [7, 11) is 1.66. The lowest BCUT2D eigenvalue weighted by atomic mass is 9.80. The minimum Gasteiger partial charge on any atom is -0.496 e. The second-order valence-corrected chi connectivity index (χ2v) is 8.38. The maximum Gasteiger partial charge on any atom is 0.225 e. The van der Waals surface area contributed by atoms with Crippen molar-refractivity contribution in [2.24, 2.45) is 17.1 Å². The molecule has 1 fully saturated rings. The molecule has 154 valence electrons. The van der Waals surface area contributed by atoms with E-state index in [-0.39, 0.29) is 11.8 Å². The average molecular weight is 395 g/mol. The Balaban J connectivity index is 1.77. The van der Waals surface area contributed by atoms with Gasteiger partial charge in [-0.05, 0) is 36.0 Å². The zero-order valence-electron chi connectivity index (χ0n) is 17.5. The Hall–Kier alpha value is -2.82. The van der Waals surface area contributed by atoms with E-state index in [2.05, 4.69) is 0 Å². The molecular weight excluding hydrogens is 364 g/mol. The van der Waals surface area contributed by atoms with Crippen LogP contribution in [0.15, 0.2) is 48.5 Å². The molecule has 1 aliphatic heterocycles. The van der Waals surface area contributed by atoms with Gasteiger partial charge in [0, 0.05) is 25.1 Å². The fraction of sp³-hybridized carbons (Fsp3) is 0.417. The summed E-state index contributed by atoms with van der Waals surface area (Å²) >= 11 is 0. The predicted octanol–water partition coefficient (Wildman–Crippen LogP) is 3.65. The summed E-state index contributed by atoms with van der Waals surface area (Å²) in [4.78, 5) is 26.6.